The van der Waals surface area contributed by atoms with E-state index in [1.165, 1.54) is 11.8 Å². The third-order valence-corrected chi connectivity index (χ3v) is 3.57. The fourth-order valence-corrected chi connectivity index (χ4v) is 2.43. The second-order valence-electron chi connectivity index (χ2n) is 4.04. The average Bonchev–Trinajstić information content (AvgIpc) is 2.89. The van der Waals surface area contributed by atoms with E-state index in [1.807, 2.05) is 12.3 Å². The van der Waals surface area contributed by atoms with Crippen LogP contribution in [0.5, 0.6) is 5.88 Å². The average molecular weight is 293 g/mol. The number of nitrogens with one attached hydrogen (secondary N) is 1. The van der Waals surface area contributed by atoms with Gasteiger partial charge in [0.1, 0.15) is 6.61 Å². The van der Waals surface area contributed by atoms with Gasteiger partial charge in [0.25, 0.3) is 5.91 Å². The highest BCUT2D eigenvalue weighted by molar-refractivity contribution is 7.98. The molecule has 0 saturated heterocycles. The number of nitrogens with zero attached hydrogens (tertiary/aromatic N) is 2. The molecule has 0 unspecified atom stereocenters. The van der Waals surface area contributed by atoms with Crippen LogP contribution in [-0.4, -0.2) is 27.2 Å². The first-order valence-electron chi connectivity index (χ1n) is 5.88. The zero-order valence-electron chi connectivity index (χ0n) is 11.2. The number of carbonyl (C=O) groups excluding carboxylic acids is 1. The first kappa shape index (κ1) is 14.4. The molecule has 106 valence electrons. The molecular formula is C13H15N3O3S. The Kier molecular flexibility index (Phi) is 4.65. The van der Waals surface area contributed by atoms with Crippen molar-refractivity contribution in [1.29, 1.82) is 0 Å². The summed E-state index contributed by atoms with van der Waals surface area (Å²) in [7, 11) is 1.80. The smallest absolute Gasteiger partial charge is 0.275 e. The highest BCUT2D eigenvalue weighted by Gasteiger charge is 2.15. The van der Waals surface area contributed by atoms with Gasteiger partial charge in [0.05, 0.1) is 0 Å². The molecule has 2 N–H and O–H groups in total. The topological polar surface area (TPSA) is 76.4 Å². The summed E-state index contributed by atoms with van der Waals surface area (Å²) in [6.45, 7) is 0.205. The SMILES string of the molecule is CSc1cccc(C(=O)NO)c1COc1ccn(C)n1. The Bertz CT molecular complexity index is 613. The fourth-order valence-electron chi connectivity index (χ4n) is 1.80. The number of amides is 1. The standard InChI is InChI=1S/C13H15N3O3S/c1-16-7-6-12(14-16)19-8-10-9(13(17)15-18)4-3-5-11(10)20-2/h3-7,18H,8H2,1-2H3,(H,15,17). The lowest BCUT2D eigenvalue weighted by Gasteiger charge is -2.12. The Morgan fingerprint density at radius 2 is 2.30 bits per heavy atom. The van der Waals surface area contributed by atoms with Crippen molar-refractivity contribution in [3.63, 3.8) is 0 Å². The van der Waals surface area contributed by atoms with Crippen LogP contribution < -0.4 is 10.2 Å². The van der Waals surface area contributed by atoms with E-state index in [4.69, 9.17) is 9.94 Å². The molecule has 7 heteroatoms. The molecule has 0 atom stereocenters. The molecule has 2 rings (SSSR count). The maximum absolute atomic E-state index is 11.7. The summed E-state index contributed by atoms with van der Waals surface area (Å²) in [5.74, 6) is -0.0701. The molecule has 2 aromatic rings. The van der Waals surface area contributed by atoms with Gasteiger partial charge in [-0.15, -0.1) is 16.9 Å². The minimum absolute atomic E-state index is 0.205. The van der Waals surface area contributed by atoms with Crippen molar-refractivity contribution in [1.82, 2.24) is 15.3 Å². The molecule has 1 aromatic heterocycles. The number of benzene rings is 1. The summed E-state index contributed by atoms with van der Waals surface area (Å²) in [5, 5.41) is 12.9. The van der Waals surface area contributed by atoms with Crippen LogP contribution in [0.4, 0.5) is 0 Å². The van der Waals surface area contributed by atoms with Crippen LogP contribution in [-0.2, 0) is 13.7 Å². The van der Waals surface area contributed by atoms with Gasteiger partial charge in [0.15, 0.2) is 0 Å². The molecule has 0 saturated carbocycles. The highest BCUT2D eigenvalue weighted by Crippen LogP contribution is 2.25. The molecule has 0 spiro atoms. The van der Waals surface area contributed by atoms with E-state index in [0.717, 1.165) is 10.5 Å². The Balaban J connectivity index is 2.26. The first-order chi connectivity index (χ1) is 9.65. The summed E-state index contributed by atoms with van der Waals surface area (Å²) >= 11 is 1.51. The Morgan fingerprint density at radius 3 is 2.90 bits per heavy atom. The number of carbonyl (C=O) groups is 1. The molecule has 1 aromatic carbocycles. The van der Waals surface area contributed by atoms with E-state index in [9.17, 15) is 4.79 Å². The molecule has 0 radical (unpaired) electrons. The molecule has 20 heavy (non-hydrogen) atoms. The van der Waals surface area contributed by atoms with Crippen LogP contribution >= 0.6 is 11.8 Å². The molecule has 0 aliphatic rings. The predicted molar refractivity (Wildman–Crippen MR) is 75.0 cm³/mol. The number of rotatable bonds is 5. The molecule has 6 nitrogen and oxygen atoms in total. The van der Waals surface area contributed by atoms with Crippen molar-refractivity contribution in [2.24, 2.45) is 7.05 Å². The third-order valence-electron chi connectivity index (χ3n) is 2.75. The minimum atomic E-state index is -0.555. The van der Waals surface area contributed by atoms with Gasteiger partial charge in [-0.3, -0.25) is 14.7 Å². The third kappa shape index (κ3) is 3.12. The van der Waals surface area contributed by atoms with Gasteiger partial charge in [-0.2, -0.15) is 0 Å². The number of aromatic nitrogens is 2. The minimum Gasteiger partial charge on any atom is -0.472 e. The lowest BCUT2D eigenvalue weighted by Crippen LogP contribution is -2.21. The number of hydroxylamine groups is 1. The quantitative estimate of drug-likeness (QED) is 0.500. The van der Waals surface area contributed by atoms with Crippen LogP contribution in [0.3, 0.4) is 0 Å². The van der Waals surface area contributed by atoms with Gasteiger partial charge in [0, 0.05) is 35.3 Å². The van der Waals surface area contributed by atoms with E-state index in [0.29, 0.717) is 11.4 Å². The van der Waals surface area contributed by atoms with Gasteiger partial charge >= 0.3 is 0 Å². The van der Waals surface area contributed by atoms with Gasteiger partial charge < -0.3 is 4.74 Å². The summed E-state index contributed by atoms with van der Waals surface area (Å²) in [6.07, 6.45) is 3.69. The summed E-state index contributed by atoms with van der Waals surface area (Å²) in [6, 6.07) is 7.05. The number of hydrogen-bond donors (Lipinski definition) is 2. The zero-order valence-corrected chi connectivity index (χ0v) is 12.0. The molecule has 0 fully saturated rings. The molecule has 1 heterocycles. The summed E-state index contributed by atoms with van der Waals surface area (Å²) in [5.41, 5.74) is 2.76. The number of aryl methyl sites for hydroxylation is 1. The van der Waals surface area contributed by atoms with Gasteiger partial charge in [0.2, 0.25) is 5.88 Å². The van der Waals surface area contributed by atoms with Crippen molar-refractivity contribution in [2.75, 3.05) is 6.26 Å². The maximum atomic E-state index is 11.7. The Labute approximate surface area is 120 Å². The Hall–Kier alpha value is -1.99. The molecule has 0 bridgehead atoms. The number of hydrogen-bond acceptors (Lipinski definition) is 5. The fraction of sp³-hybridized carbons (Fsp3) is 0.231. The number of thioether (sulfide) groups is 1. The van der Waals surface area contributed by atoms with E-state index >= 15 is 0 Å². The van der Waals surface area contributed by atoms with Gasteiger partial charge in [-0.1, -0.05) is 6.07 Å². The van der Waals surface area contributed by atoms with Gasteiger partial charge in [-0.05, 0) is 18.4 Å². The van der Waals surface area contributed by atoms with Crippen LogP contribution in [0.15, 0.2) is 35.4 Å². The van der Waals surface area contributed by atoms with Crippen molar-refractivity contribution >= 4 is 17.7 Å². The lowest BCUT2D eigenvalue weighted by molar-refractivity contribution is 0.0703. The van der Waals surface area contributed by atoms with Crippen LogP contribution in [0.2, 0.25) is 0 Å². The second kappa shape index (κ2) is 6.44. The molecule has 0 aliphatic heterocycles. The first-order valence-corrected chi connectivity index (χ1v) is 7.11. The second-order valence-corrected chi connectivity index (χ2v) is 4.89. The normalized spacial score (nSPS) is 10.3. The van der Waals surface area contributed by atoms with E-state index in [-0.39, 0.29) is 6.61 Å². The zero-order chi connectivity index (χ0) is 14.5. The van der Waals surface area contributed by atoms with E-state index in [1.54, 1.807) is 41.6 Å². The molecule has 1 amide bonds. The van der Waals surface area contributed by atoms with Crippen molar-refractivity contribution in [3.05, 3.63) is 41.6 Å². The Morgan fingerprint density at radius 1 is 1.50 bits per heavy atom. The van der Waals surface area contributed by atoms with E-state index < -0.39 is 5.91 Å². The predicted octanol–water partition coefficient (Wildman–Crippen LogP) is 1.84. The van der Waals surface area contributed by atoms with Crippen molar-refractivity contribution in [2.45, 2.75) is 11.5 Å². The lowest BCUT2D eigenvalue weighted by atomic mass is 10.1. The van der Waals surface area contributed by atoms with E-state index in [2.05, 4.69) is 5.10 Å². The van der Waals surface area contributed by atoms with Crippen LogP contribution in [0.25, 0.3) is 0 Å². The maximum Gasteiger partial charge on any atom is 0.275 e. The molecular weight excluding hydrogens is 278 g/mol. The highest BCUT2D eigenvalue weighted by atomic mass is 32.2. The van der Waals surface area contributed by atoms with Crippen LogP contribution in [0.1, 0.15) is 15.9 Å². The monoisotopic (exact) mass is 293 g/mol. The number of ether oxygens (including phenoxy) is 1. The van der Waals surface area contributed by atoms with Crippen molar-refractivity contribution < 1.29 is 14.7 Å². The largest absolute Gasteiger partial charge is 0.472 e. The van der Waals surface area contributed by atoms with Crippen LogP contribution in [0, 0.1) is 0 Å². The summed E-state index contributed by atoms with van der Waals surface area (Å²) in [4.78, 5) is 12.6. The summed E-state index contributed by atoms with van der Waals surface area (Å²) < 4.78 is 7.22. The van der Waals surface area contributed by atoms with Gasteiger partial charge in [-0.25, -0.2) is 5.48 Å². The molecule has 0 aliphatic carbocycles. The van der Waals surface area contributed by atoms with Crippen molar-refractivity contribution in [3.8, 4) is 5.88 Å².